The first-order valence-corrected chi connectivity index (χ1v) is 7.66. The van der Waals surface area contributed by atoms with Gasteiger partial charge in [-0.2, -0.15) is 5.10 Å². The summed E-state index contributed by atoms with van der Waals surface area (Å²) >= 11 is 6.00. The molecule has 3 heterocycles. The van der Waals surface area contributed by atoms with Crippen LogP contribution in [-0.4, -0.2) is 24.1 Å². The minimum absolute atomic E-state index is 0.601. The van der Waals surface area contributed by atoms with Crippen LogP contribution in [0.25, 0.3) is 16.9 Å². The molecule has 5 nitrogen and oxygen atoms in total. The Bertz CT molecular complexity index is 968. The highest BCUT2D eigenvalue weighted by molar-refractivity contribution is 6.30. The van der Waals surface area contributed by atoms with Crippen molar-refractivity contribution >= 4 is 17.2 Å². The number of pyridine rings is 1. The van der Waals surface area contributed by atoms with Gasteiger partial charge in [0, 0.05) is 16.8 Å². The van der Waals surface area contributed by atoms with Crippen LogP contribution in [0, 0.1) is 6.92 Å². The molecule has 23 heavy (non-hydrogen) atoms. The zero-order valence-electron chi connectivity index (χ0n) is 12.5. The van der Waals surface area contributed by atoms with Crippen molar-refractivity contribution in [1.82, 2.24) is 24.1 Å². The average molecular weight is 324 g/mol. The van der Waals surface area contributed by atoms with E-state index in [1.807, 2.05) is 60.3 Å². The lowest BCUT2D eigenvalue weighted by atomic mass is 10.1. The van der Waals surface area contributed by atoms with Crippen LogP contribution in [0.1, 0.15) is 11.5 Å². The second-order valence-electron chi connectivity index (χ2n) is 5.33. The first-order chi connectivity index (χ1) is 11.2. The first kappa shape index (κ1) is 14.0. The Morgan fingerprint density at radius 3 is 2.65 bits per heavy atom. The van der Waals surface area contributed by atoms with E-state index in [0.717, 1.165) is 28.4 Å². The predicted octanol–water partition coefficient (Wildman–Crippen LogP) is 3.60. The number of aryl methyl sites for hydroxylation is 1. The molecule has 0 N–H and O–H groups in total. The van der Waals surface area contributed by atoms with Gasteiger partial charge in [-0.3, -0.25) is 0 Å². The fourth-order valence-corrected chi connectivity index (χ4v) is 2.78. The highest BCUT2D eigenvalue weighted by Crippen LogP contribution is 2.26. The van der Waals surface area contributed by atoms with Crippen LogP contribution in [0.4, 0.5) is 0 Å². The van der Waals surface area contributed by atoms with Gasteiger partial charge in [-0.25, -0.2) is 14.6 Å². The molecule has 0 unspecified atom stereocenters. The average Bonchev–Trinajstić information content (AvgIpc) is 3.13. The molecule has 0 aliphatic carbocycles. The van der Waals surface area contributed by atoms with Gasteiger partial charge < -0.3 is 4.40 Å². The Labute approximate surface area is 138 Å². The standard InChI is InChI=1S/C17H14ClN5/c1-12-19-11-22(21-12)10-15-17(13-5-7-14(18)8-6-13)20-16-4-2-3-9-23(15)16/h2-9,11H,10H2,1H3. The maximum atomic E-state index is 6.00. The third-order valence-electron chi connectivity index (χ3n) is 3.71. The number of nitrogens with zero attached hydrogens (tertiary/aromatic N) is 5. The van der Waals surface area contributed by atoms with Crippen LogP contribution in [0.3, 0.4) is 0 Å². The number of rotatable bonds is 3. The van der Waals surface area contributed by atoms with Crippen molar-refractivity contribution in [2.75, 3.05) is 0 Å². The summed E-state index contributed by atoms with van der Waals surface area (Å²) in [5.74, 6) is 0.756. The minimum atomic E-state index is 0.601. The predicted molar refractivity (Wildman–Crippen MR) is 89.5 cm³/mol. The summed E-state index contributed by atoms with van der Waals surface area (Å²) in [6.07, 6.45) is 3.75. The largest absolute Gasteiger partial charge is 0.302 e. The lowest BCUT2D eigenvalue weighted by Crippen LogP contribution is -2.05. The van der Waals surface area contributed by atoms with E-state index in [-0.39, 0.29) is 0 Å². The molecule has 0 radical (unpaired) electrons. The number of halogens is 1. The van der Waals surface area contributed by atoms with Crippen molar-refractivity contribution in [1.29, 1.82) is 0 Å². The third-order valence-corrected chi connectivity index (χ3v) is 3.96. The van der Waals surface area contributed by atoms with Gasteiger partial charge in [-0.15, -0.1) is 0 Å². The monoisotopic (exact) mass is 323 g/mol. The van der Waals surface area contributed by atoms with Crippen LogP contribution < -0.4 is 0 Å². The summed E-state index contributed by atoms with van der Waals surface area (Å²) in [6.45, 7) is 2.48. The molecule has 0 aliphatic heterocycles. The topological polar surface area (TPSA) is 48.0 Å². The van der Waals surface area contributed by atoms with Crippen molar-refractivity contribution in [2.45, 2.75) is 13.5 Å². The quantitative estimate of drug-likeness (QED) is 0.578. The number of benzene rings is 1. The summed E-state index contributed by atoms with van der Waals surface area (Å²) in [7, 11) is 0. The summed E-state index contributed by atoms with van der Waals surface area (Å²) in [4.78, 5) is 8.97. The van der Waals surface area contributed by atoms with Gasteiger partial charge in [0.1, 0.15) is 17.8 Å². The lowest BCUT2D eigenvalue weighted by molar-refractivity contribution is 0.662. The second-order valence-corrected chi connectivity index (χ2v) is 5.77. The Hall–Kier alpha value is -2.66. The van der Waals surface area contributed by atoms with Crippen molar-refractivity contribution in [3.05, 3.63) is 71.5 Å². The van der Waals surface area contributed by atoms with Crippen LogP contribution >= 0.6 is 11.6 Å². The molecule has 0 atom stereocenters. The fraction of sp³-hybridized carbons (Fsp3) is 0.118. The molecular formula is C17H14ClN5. The van der Waals surface area contributed by atoms with Gasteiger partial charge in [0.05, 0.1) is 17.9 Å². The number of fused-ring (bicyclic) bond motifs is 1. The maximum Gasteiger partial charge on any atom is 0.147 e. The number of hydrogen-bond donors (Lipinski definition) is 0. The van der Waals surface area contributed by atoms with Crippen molar-refractivity contribution in [3.8, 4) is 11.3 Å². The fourth-order valence-electron chi connectivity index (χ4n) is 2.65. The molecule has 0 fully saturated rings. The second kappa shape index (κ2) is 5.52. The van der Waals surface area contributed by atoms with Gasteiger partial charge in [-0.1, -0.05) is 29.8 Å². The summed E-state index contributed by atoms with van der Waals surface area (Å²) in [5.41, 5.74) is 3.93. The van der Waals surface area contributed by atoms with Crippen LogP contribution in [0.15, 0.2) is 55.0 Å². The van der Waals surface area contributed by atoms with Gasteiger partial charge in [0.25, 0.3) is 0 Å². The molecule has 0 bridgehead atoms. The molecule has 0 saturated carbocycles. The van der Waals surface area contributed by atoms with E-state index in [0.29, 0.717) is 11.6 Å². The first-order valence-electron chi connectivity index (χ1n) is 7.29. The van der Waals surface area contributed by atoms with Crippen molar-refractivity contribution in [2.24, 2.45) is 0 Å². The molecule has 6 heteroatoms. The van der Waals surface area contributed by atoms with Gasteiger partial charge in [0.2, 0.25) is 0 Å². The Morgan fingerprint density at radius 2 is 1.91 bits per heavy atom. The van der Waals surface area contributed by atoms with E-state index in [1.54, 1.807) is 6.33 Å². The third kappa shape index (κ3) is 2.59. The molecule has 4 rings (SSSR count). The van der Waals surface area contributed by atoms with Gasteiger partial charge in [-0.05, 0) is 31.2 Å². The Kier molecular flexibility index (Phi) is 3.35. The number of imidazole rings is 1. The highest BCUT2D eigenvalue weighted by atomic mass is 35.5. The van der Waals surface area contributed by atoms with E-state index < -0.39 is 0 Å². The Morgan fingerprint density at radius 1 is 1.09 bits per heavy atom. The molecule has 0 amide bonds. The van der Waals surface area contributed by atoms with E-state index in [2.05, 4.69) is 14.5 Å². The summed E-state index contributed by atoms with van der Waals surface area (Å²) in [6, 6.07) is 13.7. The summed E-state index contributed by atoms with van der Waals surface area (Å²) < 4.78 is 3.91. The Balaban J connectivity index is 1.88. The zero-order valence-corrected chi connectivity index (χ0v) is 13.3. The summed E-state index contributed by atoms with van der Waals surface area (Å²) in [5, 5.41) is 5.10. The number of aromatic nitrogens is 5. The normalized spacial score (nSPS) is 11.2. The molecule has 114 valence electrons. The minimum Gasteiger partial charge on any atom is -0.302 e. The molecule has 4 aromatic rings. The van der Waals surface area contributed by atoms with Crippen LogP contribution in [0.2, 0.25) is 5.02 Å². The molecular weight excluding hydrogens is 310 g/mol. The molecule has 0 spiro atoms. The van der Waals surface area contributed by atoms with E-state index in [4.69, 9.17) is 16.6 Å². The maximum absolute atomic E-state index is 6.00. The smallest absolute Gasteiger partial charge is 0.147 e. The van der Waals surface area contributed by atoms with Crippen molar-refractivity contribution in [3.63, 3.8) is 0 Å². The van der Waals surface area contributed by atoms with E-state index >= 15 is 0 Å². The van der Waals surface area contributed by atoms with E-state index in [1.165, 1.54) is 0 Å². The zero-order chi connectivity index (χ0) is 15.8. The van der Waals surface area contributed by atoms with Gasteiger partial charge in [0.15, 0.2) is 0 Å². The highest BCUT2D eigenvalue weighted by Gasteiger charge is 2.14. The molecule has 0 aliphatic rings. The molecule has 3 aromatic heterocycles. The molecule has 1 aromatic carbocycles. The SMILES string of the molecule is Cc1ncn(Cc2c(-c3ccc(Cl)cc3)nc3ccccn23)n1. The van der Waals surface area contributed by atoms with Crippen LogP contribution in [0.5, 0.6) is 0 Å². The number of hydrogen-bond acceptors (Lipinski definition) is 3. The molecule has 0 saturated heterocycles. The lowest BCUT2D eigenvalue weighted by Gasteiger charge is -2.05. The van der Waals surface area contributed by atoms with Crippen molar-refractivity contribution < 1.29 is 0 Å². The van der Waals surface area contributed by atoms with E-state index in [9.17, 15) is 0 Å². The van der Waals surface area contributed by atoms with Crippen LogP contribution in [-0.2, 0) is 6.54 Å². The van der Waals surface area contributed by atoms with Gasteiger partial charge >= 0.3 is 0 Å².